The Labute approximate surface area is 116 Å². The van der Waals surface area contributed by atoms with E-state index >= 15 is 0 Å². The summed E-state index contributed by atoms with van der Waals surface area (Å²) < 4.78 is 6.33. The molecule has 2 N–H and O–H groups in total. The van der Waals surface area contributed by atoms with Crippen molar-refractivity contribution in [3.8, 4) is 0 Å². The molecule has 0 amide bonds. The summed E-state index contributed by atoms with van der Waals surface area (Å²) in [6, 6.07) is 1.50. The van der Waals surface area contributed by atoms with Crippen LogP contribution in [-0.4, -0.2) is 34.0 Å². The molecule has 0 saturated carbocycles. The molecule has 0 aliphatic rings. The van der Waals surface area contributed by atoms with E-state index in [0.29, 0.717) is 11.7 Å². The molecule has 8 heteroatoms. The third-order valence-corrected chi connectivity index (χ3v) is 2.70. The first-order valence-corrected chi connectivity index (χ1v) is 6.14. The zero-order chi connectivity index (χ0) is 14.9. The summed E-state index contributed by atoms with van der Waals surface area (Å²) in [5.74, 6) is 0.691. The number of nitrogens with zero attached hydrogens (tertiary/aromatic N) is 5. The van der Waals surface area contributed by atoms with E-state index in [1.54, 1.807) is 24.9 Å². The molecule has 2 rings (SSSR count). The fraction of sp³-hybridized carbons (Fsp3) is 0.500. The molecule has 0 aliphatic carbocycles. The highest BCUT2D eigenvalue weighted by atomic mass is 16.5. The quantitative estimate of drug-likeness (QED) is 0.835. The van der Waals surface area contributed by atoms with Gasteiger partial charge in [0.2, 0.25) is 5.89 Å². The van der Waals surface area contributed by atoms with Gasteiger partial charge in [0.25, 0.3) is 5.56 Å². The minimum atomic E-state index is -0.686. The van der Waals surface area contributed by atoms with Crippen molar-refractivity contribution in [2.45, 2.75) is 25.9 Å². The summed E-state index contributed by atoms with van der Waals surface area (Å²) in [7, 11) is 3.68. The maximum Gasteiger partial charge on any atom is 0.269 e. The Balaban J connectivity index is 2.22. The van der Waals surface area contributed by atoms with Crippen molar-refractivity contribution < 1.29 is 4.52 Å². The molecule has 0 unspecified atom stereocenters. The average molecular weight is 278 g/mol. The SMILES string of the molecule is CN(C)c1cnn(Cc2nc(C(C)(C)N)no2)c(=O)c1. The zero-order valence-electron chi connectivity index (χ0n) is 12.0. The van der Waals surface area contributed by atoms with E-state index in [0.717, 1.165) is 5.69 Å². The molecular formula is C12H18N6O2. The van der Waals surface area contributed by atoms with Crippen LogP contribution in [-0.2, 0) is 12.1 Å². The molecule has 2 aromatic rings. The number of aromatic nitrogens is 4. The van der Waals surface area contributed by atoms with Gasteiger partial charge in [0, 0.05) is 20.2 Å². The van der Waals surface area contributed by atoms with Crippen molar-refractivity contribution >= 4 is 5.69 Å². The minimum absolute atomic E-state index is 0.121. The van der Waals surface area contributed by atoms with E-state index in [4.69, 9.17) is 10.3 Å². The number of hydrogen-bond acceptors (Lipinski definition) is 7. The van der Waals surface area contributed by atoms with Crippen LogP contribution >= 0.6 is 0 Å². The first-order chi connectivity index (χ1) is 9.27. The number of hydrogen-bond donors (Lipinski definition) is 1. The Morgan fingerprint density at radius 2 is 2.15 bits per heavy atom. The third-order valence-electron chi connectivity index (χ3n) is 2.70. The third kappa shape index (κ3) is 3.02. The van der Waals surface area contributed by atoms with Crippen LogP contribution in [0, 0.1) is 0 Å². The van der Waals surface area contributed by atoms with Crippen molar-refractivity contribution in [3.63, 3.8) is 0 Å². The number of rotatable bonds is 4. The number of anilines is 1. The van der Waals surface area contributed by atoms with Gasteiger partial charge in [-0.05, 0) is 13.8 Å². The van der Waals surface area contributed by atoms with E-state index < -0.39 is 5.54 Å². The molecule has 8 nitrogen and oxygen atoms in total. The van der Waals surface area contributed by atoms with Gasteiger partial charge in [-0.1, -0.05) is 5.16 Å². The van der Waals surface area contributed by atoms with Gasteiger partial charge in [0.05, 0.1) is 17.4 Å². The molecule has 2 aromatic heterocycles. The van der Waals surface area contributed by atoms with Crippen molar-refractivity contribution in [3.05, 3.63) is 34.3 Å². The lowest BCUT2D eigenvalue weighted by Gasteiger charge is -2.12. The maximum atomic E-state index is 11.9. The molecule has 0 bridgehead atoms. The highest BCUT2D eigenvalue weighted by Gasteiger charge is 2.21. The molecular weight excluding hydrogens is 260 g/mol. The van der Waals surface area contributed by atoms with Gasteiger partial charge >= 0.3 is 0 Å². The van der Waals surface area contributed by atoms with Gasteiger partial charge in [-0.3, -0.25) is 4.79 Å². The topological polar surface area (TPSA) is 103 Å². The van der Waals surface area contributed by atoms with Gasteiger partial charge in [0.1, 0.15) is 6.54 Å². The standard InChI is InChI=1S/C12H18N6O2/c1-12(2,13)11-15-9(20-16-11)7-18-10(19)5-8(6-14-18)17(3)4/h5-6H,7,13H2,1-4H3. The molecule has 0 spiro atoms. The van der Waals surface area contributed by atoms with Crippen LogP contribution < -0.4 is 16.2 Å². The van der Waals surface area contributed by atoms with Crippen LogP contribution in [0.5, 0.6) is 0 Å². The summed E-state index contributed by atoms with van der Waals surface area (Å²) in [6.07, 6.45) is 1.60. The second-order valence-electron chi connectivity index (χ2n) is 5.34. The number of nitrogens with two attached hydrogens (primary N) is 1. The van der Waals surface area contributed by atoms with Crippen molar-refractivity contribution in [1.82, 2.24) is 19.9 Å². The van der Waals surface area contributed by atoms with Gasteiger partial charge in [-0.25, -0.2) is 4.68 Å². The van der Waals surface area contributed by atoms with Gasteiger partial charge in [-0.15, -0.1) is 0 Å². The summed E-state index contributed by atoms with van der Waals surface area (Å²) in [5, 5.41) is 7.87. The fourth-order valence-electron chi connectivity index (χ4n) is 1.50. The predicted molar refractivity (Wildman–Crippen MR) is 73.4 cm³/mol. The fourth-order valence-corrected chi connectivity index (χ4v) is 1.50. The molecule has 0 atom stereocenters. The second kappa shape index (κ2) is 5.04. The van der Waals surface area contributed by atoms with Crippen LogP contribution in [0.25, 0.3) is 0 Å². The Kier molecular flexibility index (Phi) is 3.58. The summed E-state index contributed by atoms with van der Waals surface area (Å²) >= 11 is 0. The smallest absolute Gasteiger partial charge is 0.269 e. The van der Waals surface area contributed by atoms with E-state index in [2.05, 4.69) is 15.2 Å². The van der Waals surface area contributed by atoms with E-state index in [9.17, 15) is 4.79 Å². The lowest BCUT2D eigenvalue weighted by molar-refractivity contribution is 0.349. The van der Waals surface area contributed by atoms with E-state index in [1.165, 1.54) is 10.7 Å². The first kappa shape index (κ1) is 14.2. The van der Waals surface area contributed by atoms with Crippen molar-refractivity contribution in [1.29, 1.82) is 0 Å². The Hall–Kier alpha value is -2.22. The summed E-state index contributed by atoms with van der Waals surface area (Å²) in [4.78, 5) is 17.9. The van der Waals surface area contributed by atoms with E-state index in [1.807, 2.05) is 14.1 Å². The van der Waals surface area contributed by atoms with Crippen molar-refractivity contribution in [2.75, 3.05) is 19.0 Å². The van der Waals surface area contributed by atoms with Crippen LogP contribution in [0.15, 0.2) is 21.6 Å². The van der Waals surface area contributed by atoms with Crippen LogP contribution in [0.3, 0.4) is 0 Å². The van der Waals surface area contributed by atoms with Crippen LogP contribution in [0.4, 0.5) is 5.69 Å². The highest BCUT2D eigenvalue weighted by Crippen LogP contribution is 2.12. The molecule has 2 heterocycles. The summed E-state index contributed by atoms with van der Waals surface area (Å²) in [5.41, 5.74) is 5.69. The van der Waals surface area contributed by atoms with Crippen LogP contribution in [0.2, 0.25) is 0 Å². The first-order valence-electron chi connectivity index (χ1n) is 6.14. The summed E-state index contributed by atoms with van der Waals surface area (Å²) in [6.45, 7) is 3.67. The Bertz CT molecular complexity index is 652. The molecule has 0 aromatic carbocycles. The molecule has 108 valence electrons. The normalized spacial score (nSPS) is 11.7. The largest absolute Gasteiger partial charge is 0.376 e. The monoisotopic (exact) mass is 278 g/mol. The molecule has 0 radical (unpaired) electrons. The Morgan fingerprint density at radius 3 is 2.65 bits per heavy atom. The average Bonchev–Trinajstić information content (AvgIpc) is 2.80. The molecule has 0 saturated heterocycles. The zero-order valence-corrected chi connectivity index (χ0v) is 12.0. The highest BCUT2D eigenvalue weighted by molar-refractivity contribution is 5.40. The lowest BCUT2D eigenvalue weighted by Crippen LogP contribution is -2.30. The van der Waals surface area contributed by atoms with Gasteiger partial charge < -0.3 is 15.2 Å². The van der Waals surface area contributed by atoms with Crippen molar-refractivity contribution in [2.24, 2.45) is 5.73 Å². The maximum absolute atomic E-state index is 11.9. The predicted octanol–water partition coefficient (Wildman–Crippen LogP) is -0.0656. The molecule has 0 fully saturated rings. The van der Waals surface area contributed by atoms with Gasteiger partial charge in [-0.2, -0.15) is 10.1 Å². The Morgan fingerprint density at radius 1 is 1.45 bits per heavy atom. The van der Waals surface area contributed by atoms with Crippen LogP contribution in [0.1, 0.15) is 25.6 Å². The van der Waals surface area contributed by atoms with Gasteiger partial charge in [0.15, 0.2) is 5.82 Å². The second-order valence-corrected chi connectivity index (χ2v) is 5.34. The molecule has 20 heavy (non-hydrogen) atoms. The minimum Gasteiger partial charge on any atom is -0.376 e. The van der Waals surface area contributed by atoms with E-state index in [-0.39, 0.29) is 12.1 Å². The molecule has 0 aliphatic heterocycles. The lowest BCUT2D eigenvalue weighted by atomic mass is 10.1.